The van der Waals surface area contributed by atoms with E-state index in [1.165, 1.54) is 18.2 Å². The van der Waals surface area contributed by atoms with Crippen molar-refractivity contribution in [1.29, 1.82) is 0 Å². The van der Waals surface area contributed by atoms with Crippen molar-refractivity contribution in [2.45, 2.75) is 44.6 Å². The Morgan fingerprint density at radius 3 is 2.50 bits per heavy atom. The number of amides is 1. The van der Waals surface area contributed by atoms with E-state index in [1.54, 1.807) is 0 Å². The highest BCUT2D eigenvalue weighted by Crippen LogP contribution is 2.23. The molecular weight excluding hydrogens is 359 g/mol. The van der Waals surface area contributed by atoms with Crippen LogP contribution in [0.25, 0.3) is 0 Å². The first kappa shape index (κ1) is 20.7. The fourth-order valence-electron chi connectivity index (χ4n) is 3.01. The summed E-state index contributed by atoms with van der Waals surface area (Å²) < 4.78 is 25.8. The van der Waals surface area contributed by atoms with E-state index in [9.17, 15) is 23.3 Å². The maximum Gasteiger partial charge on any atom is 0.488 e. The molecule has 1 aromatic carbocycles. The second kappa shape index (κ2) is 9.36. The van der Waals surface area contributed by atoms with Crippen LogP contribution in [-0.4, -0.2) is 55.0 Å². The second-order valence-electron chi connectivity index (χ2n) is 6.49. The van der Waals surface area contributed by atoms with Crippen LogP contribution in [0, 0.1) is 0 Å². The Labute approximate surface area is 153 Å². The summed E-state index contributed by atoms with van der Waals surface area (Å²) in [7, 11) is -5.54. The van der Waals surface area contributed by atoms with Crippen molar-refractivity contribution in [3.8, 4) is 0 Å². The van der Waals surface area contributed by atoms with Crippen molar-refractivity contribution in [3.05, 3.63) is 23.8 Å². The van der Waals surface area contributed by atoms with Crippen LogP contribution in [0.4, 0.5) is 5.69 Å². The minimum absolute atomic E-state index is 0.0332. The van der Waals surface area contributed by atoms with Gasteiger partial charge in [-0.3, -0.25) is 4.79 Å². The fourth-order valence-corrected chi connectivity index (χ4v) is 4.01. The number of carbonyl (C=O) groups excluding carboxylic acids is 1. The van der Waals surface area contributed by atoms with Crippen LogP contribution in [-0.2, 0) is 10.0 Å². The van der Waals surface area contributed by atoms with Gasteiger partial charge in [0.05, 0.1) is 11.3 Å². The molecule has 1 amide bonds. The lowest BCUT2D eigenvalue weighted by Crippen LogP contribution is -2.35. The van der Waals surface area contributed by atoms with Crippen molar-refractivity contribution >= 4 is 34.2 Å². The van der Waals surface area contributed by atoms with Crippen LogP contribution in [0.3, 0.4) is 0 Å². The van der Waals surface area contributed by atoms with Crippen LogP contribution < -0.4 is 15.5 Å². The minimum Gasteiger partial charge on any atom is -0.423 e. The van der Waals surface area contributed by atoms with E-state index >= 15 is 0 Å². The molecule has 0 aromatic heterocycles. The summed E-state index contributed by atoms with van der Waals surface area (Å²) in [4.78, 5) is 12.4. The third-order valence-electron chi connectivity index (χ3n) is 4.37. The molecule has 1 aromatic rings. The van der Waals surface area contributed by atoms with Gasteiger partial charge in [-0.1, -0.05) is 25.3 Å². The zero-order chi connectivity index (χ0) is 19.2. The van der Waals surface area contributed by atoms with Gasteiger partial charge in [0.25, 0.3) is 5.91 Å². The summed E-state index contributed by atoms with van der Waals surface area (Å²) in [6.07, 6.45) is 5.19. The molecular formula is C16H25BN2O6S. The second-order valence-corrected chi connectivity index (χ2v) is 8.33. The minimum atomic E-state index is -3.85. The van der Waals surface area contributed by atoms with Gasteiger partial charge in [-0.05, 0) is 36.9 Å². The molecule has 1 saturated carbocycles. The fraction of sp³-hybridized carbons (Fsp3) is 0.562. The highest BCUT2D eigenvalue weighted by molar-refractivity contribution is 7.90. The molecule has 2 rings (SSSR count). The van der Waals surface area contributed by atoms with Crippen molar-refractivity contribution in [3.63, 3.8) is 0 Å². The molecule has 10 heteroatoms. The highest BCUT2D eigenvalue weighted by Gasteiger charge is 2.23. The lowest BCUT2D eigenvalue weighted by Gasteiger charge is -2.25. The standard InChI is InChI=1S/C16H25BN2O6S/c20-9-4-10-26(24,25)19-16(21)14-8-7-12(17(22)23)11-15(14)18-13-5-2-1-3-6-13/h7-8,11,13,18,20,22-23H,1-6,9-10H2,(H,19,21). The van der Waals surface area contributed by atoms with Crippen LogP contribution in [0.5, 0.6) is 0 Å². The Bertz CT molecular complexity index is 719. The molecule has 0 radical (unpaired) electrons. The van der Waals surface area contributed by atoms with Gasteiger partial charge >= 0.3 is 7.12 Å². The van der Waals surface area contributed by atoms with Gasteiger partial charge in [0.15, 0.2) is 0 Å². The number of aliphatic hydroxyl groups is 1. The number of aliphatic hydroxyl groups excluding tert-OH is 1. The van der Waals surface area contributed by atoms with E-state index in [2.05, 4.69) is 5.32 Å². The van der Waals surface area contributed by atoms with Gasteiger partial charge in [-0.15, -0.1) is 0 Å². The van der Waals surface area contributed by atoms with Gasteiger partial charge in [0.2, 0.25) is 10.0 Å². The Hall–Kier alpha value is -1.62. The van der Waals surface area contributed by atoms with E-state index in [4.69, 9.17) is 5.11 Å². The van der Waals surface area contributed by atoms with Gasteiger partial charge in [0.1, 0.15) is 0 Å². The predicted molar refractivity (Wildman–Crippen MR) is 99.7 cm³/mol. The van der Waals surface area contributed by atoms with E-state index in [0.717, 1.165) is 32.1 Å². The van der Waals surface area contributed by atoms with E-state index in [0.29, 0.717) is 5.69 Å². The third-order valence-corrected chi connectivity index (χ3v) is 5.69. The van der Waals surface area contributed by atoms with Crippen LogP contribution >= 0.6 is 0 Å². The SMILES string of the molecule is O=C(NS(=O)(=O)CCCO)c1ccc(B(O)O)cc1NC1CCCCC1. The van der Waals surface area contributed by atoms with E-state index in [1.807, 2.05) is 4.72 Å². The number of benzene rings is 1. The average molecular weight is 384 g/mol. The summed E-state index contributed by atoms with van der Waals surface area (Å²) in [5.74, 6) is -1.14. The van der Waals surface area contributed by atoms with Crippen molar-refractivity contribution in [2.75, 3.05) is 17.7 Å². The first-order valence-corrected chi connectivity index (χ1v) is 10.4. The maximum atomic E-state index is 12.4. The number of nitrogens with one attached hydrogen (secondary N) is 2. The molecule has 26 heavy (non-hydrogen) atoms. The lowest BCUT2D eigenvalue weighted by atomic mass is 9.79. The normalized spacial score (nSPS) is 15.5. The molecule has 0 heterocycles. The molecule has 0 atom stereocenters. The zero-order valence-electron chi connectivity index (χ0n) is 14.5. The number of anilines is 1. The Morgan fingerprint density at radius 2 is 1.88 bits per heavy atom. The Balaban J connectivity index is 2.23. The summed E-state index contributed by atoms with van der Waals surface area (Å²) in [6.45, 7) is -0.285. The van der Waals surface area contributed by atoms with Crippen LogP contribution in [0.15, 0.2) is 18.2 Å². The van der Waals surface area contributed by atoms with Crippen molar-refractivity contribution in [2.24, 2.45) is 0 Å². The summed E-state index contributed by atoms with van der Waals surface area (Å²) in [5, 5.41) is 30.7. The number of sulfonamides is 1. The molecule has 5 N–H and O–H groups in total. The van der Waals surface area contributed by atoms with Crippen LogP contribution in [0.2, 0.25) is 0 Å². The number of carbonyl (C=O) groups is 1. The topological polar surface area (TPSA) is 136 Å². The number of rotatable bonds is 8. The van der Waals surface area contributed by atoms with Crippen LogP contribution in [0.1, 0.15) is 48.9 Å². The van der Waals surface area contributed by atoms with E-state index < -0.39 is 23.0 Å². The Kier molecular flexibility index (Phi) is 7.45. The Morgan fingerprint density at radius 1 is 1.19 bits per heavy atom. The zero-order valence-corrected chi connectivity index (χ0v) is 15.3. The first-order chi connectivity index (χ1) is 12.3. The number of hydrogen-bond donors (Lipinski definition) is 5. The van der Waals surface area contributed by atoms with E-state index in [-0.39, 0.29) is 35.8 Å². The molecule has 0 bridgehead atoms. The highest BCUT2D eigenvalue weighted by atomic mass is 32.2. The molecule has 0 unspecified atom stereocenters. The average Bonchev–Trinajstić information content (AvgIpc) is 2.60. The third kappa shape index (κ3) is 5.98. The monoisotopic (exact) mass is 384 g/mol. The lowest BCUT2D eigenvalue weighted by molar-refractivity contribution is 0.0982. The molecule has 0 saturated heterocycles. The first-order valence-electron chi connectivity index (χ1n) is 8.74. The maximum absolute atomic E-state index is 12.4. The molecule has 8 nitrogen and oxygen atoms in total. The molecule has 1 aliphatic rings. The van der Waals surface area contributed by atoms with Gasteiger partial charge in [0, 0.05) is 18.3 Å². The summed E-state index contributed by atoms with van der Waals surface area (Å²) in [6, 6.07) is 4.34. The largest absolute Gasteiger partial charge is 0.488 e. The molecule has 144 valence electrons. The van der Waals surface area contributed by atoms with Gasteiger partial charge < -0.3 is 20.5 Å². The molecule has 0 aliphatic heterocycles. The predicted octanol–water partition coefficient (Wildman–Crippen LogP) is -0.447. The van der Waals surface area contributed by atoms with Crippen molar-refractivity contribution in [1.82, 2.24) is 4.72 Å². The quantitative estimate of drug-likeness (QED) is 0.383. The van der Waals surface area contributed by atoms with Crippen molar-refractivity contribution < 1.29 is 28.4 Å². The van der Waals surface area contributed by atoms with Gasteiger partial charge in [-0.2, -0.15) is 0 Å². The summed E-state index contributed by atoms with van der Waals surface area (Å²) >= 11 is 0. The molecule has 1 fully saturated rings. The van der Waals surface area contributed by atoms with Gasteiger partial charge in [-0.25, -0.2) is 13.1 Å². The molecule has 0 spiro atoms. The summed E-state index contributed by atoms with van der Waals surface area (Å²) in [5.41, 5.74) is 0.702. The molecule has 1 aliphatic carbocycles. The number of hydrogen-bond acceptors (Lipinski definition) is 7. The smallest absolute Gasteiger partial charge is 0.423 e.